The fourth-order valence-electron chi connectivity index (χ4n) is 2.26. The summed E-state index contributed by atoms with van der Waals surface area (Å²) in [5.74, 6) is 0.249. The van der Waals surface area contributed by atoms with Crippen LogP contribution in [0.5, 0.6) is 0 Å². The van der Waals surface area contributed by atoms with Gasteiger partial charge in [-0.3, -0.25) is 4.79 Å². The Balaban J connectivity index is 1.85. The van der Waals surface area contributed by atoms with Crippen molar-refractivity contribution < 1.29 is 4.79 Å². The summed E-state index contributed by atoms with van der Waals surface area (Å²) in [7, 11) is 0. The Morgan fingerprint density at radius 2 is 2.17 bits per heavy atom. The lowest BCUT2D eigenvalue weighted by atomic mass is 10.1. The van der Waals surface area contributed by atoms with Crippen LogP contribution in [-0.2, 0) is 11.2 Å². The Kier molecular flexibility index (Phi) is 4.61. The van der Waals surface area contributed by atoms with E-state index in [0.29, 0.717) is 12.5 Å². The summed E-state index contributed by atoms with van der Waals surface area (Å²) in [4.78, 5) is 14.1. The van der Waals surface area contributed by atoms with Crippen LogP contribution in [0.25, 0.3) is 0 Å². The van der Waals surface area contributed by atoms with Gasteiger partial charge in [0.25, 0.3) is 0 Å². The van der Waals surface area contributed by atoms with Crippen molar-refractivity contribution in [1.29, 1.82) is 0 Å². The SMILES string of the molecule is C[C@@H]1CNCCN1C(=O)CCc1ccc(Cl)cc1. The third-order valence-corrected chi connectivity index (χ3v) is 3.61. The number of benzene rings is 1. The Labute approximate surface area is 113 Å². The molecule has 1 aromatic rings. The smallest absolute Gasteiger partial charge is 0.223 e. The predicted octanol–water partition coefficient (Wildman–Crippen LogP) is 2.09. The zero-order chi connectivity index (χ0) is 13.0. The van der Waals surface area contributed by atoms with Gasteiger partial charge in [0.05, 0.1) is 0 Å². The minimum absolute atomic E-state index is 0.249. The van der Waals surface area contributed by atoms with E-state index in [4.69, 9.17) is 11.6 Å². The zero-order valence-electron chi connectivity index (χ0n) is 10.7. The number of aryl methyl sites for hydroxylation is 1. The second-order valence-electron chi connectivity index (χ2n) is 4.77. The van der Waals surface area contributed by atoms with Gasteiger partial charge in [-0.25, -0.2) is 0 Å². The maximum Gasteiger partial charge on any atom is 0.223 e. The van der Waals surface area contributed by atoms with Crippen LogP contribution in [0.2, 0.25) is 5.02 Å². The summed E-state index contributed by atoms with van der Waals surface area (Å²) in [5, 5.41) is 4.03. The van der Waals surface area contributed by atoms with Crippen LogP contribution in [0.1, 0.15) is 18.9 Å². The number of amides is 1. The predicted molar refractivity (Wildman–Crippen MR) is 73.8 cm³/mol. The number of hydrogen-bond acceptors (Lipinski definition) is 2. The van der Waals surface area contributed by atoms with Crippen molar-refractivity contribution in [1.82, 2.24) is 10.2 Å². The Morgan fingerprint density at radius 1 is 1.44 bits per heavy atom. The monoisotopic (exact) mass is 266 g/mol. The van der Waals surface area contributed by atoms with Gasteiger partial charge in [-0.05, 0) is 31.0 Å². The number of rotatable bonds is 3. The third kappa shape index (κ3) is 3.47. The lowest BCUT2D eigenvalue weighted by Crippen LogP contribution is -2.52. The van der Waals surface area contributed by atoms with Gasteiger partial charge in [0, 0.05) is 37.1 Å². The molecule has 1 aliphatic rings. The van der Waals surface area contributed by atoms with E-state index in [1.165, 1.54) is 0 Å². The standard InChI is InChI=1S/C14H19ClN2O/c1-11-10-16-8-9-17(11)14(18)7-4-12-2-5-13(15)6-3-12/h2-3,5-6,11,16H,4,7-10H2,1H3/t11-/m1/s1. The Morgan fingerprint density at radius 3 is 2.83 bits per heavy atom. The van der Waals surface area contributed by atoms with Crippen molar-refractivity contribution in [2.24, 2.45) is 0 Å². The molecule has 0 aromatic heterocycles. The average molecular weight is 267 g/mol. The number of piperazine rings is 1. The molecule has 2 rings (SSSR count). The van der Waals surface area contributed by atoms with Gasteiger partial charge in [-0.2, -0.15) is 0 Å². The molecule has 18 heavy (non-hydrogen) atoms. The Hall–Kier alpha value is -1.06. The molecule has 1 saturated heterocycles. The Bertz CT molecular complexity index is 405. The first kappa shape index (κ1) is 13.4. The van der Waals surface area contributed by atoms with E-state index in [0.717, 1.165) is 36.6 Å². The van der Waals surface area contributed by atoms with Crippen molar-refractivity contribution >= 4 is 17.5 Å². The number of nitrogens with zero attached hydrogens (tertiary/aromatic N) is 1. The maximum absolute atomic E-state index is 12.1. The van der Waals surface area contributed by atoms with Gasteiger partial charge in [0.15, 0.2) is 0 Å². The number of hydrogen-bond donors (Lipinski definition) is 1. The molecule has 98 valence electrons. The van der Waals surface area contributed by atoms with Crippen LogP contribution in [0, 0.1) is 0 Å². The molecule has 1 aliphatic heterocycles. The largest absolute Gasteiger partial charge is 0.337 e. The normalized spacial score (nSPS) is 19.9. The van der Waals surface area contributed by atoms with E-state index < -0.39 is 0 Å². The summed E-state index contributed by atoms with van der Waals surface area (Å²) in [6, 6.07) is 8.01. The van der Waals surface area contributed by atoms with E-state index >= 15 is 0 Å². The molecule has 0 radical (unpaired) electrons. The quantitative estimate of drug-likeness (QED) is 0.909. The van der Waals surface area contributed by atoms with E-state index in [2.05, 4.69) is 12.2 Å². The highest BCUT2D eigenvalue weighted by molar-refractivity contribution is 6.30. The topological polar surface area (TPSA) is 32.3 Å². The summed E-state index contributed by atoms with van der Waals surface area (Å²) in [6.07, 6.45) is 1.36. The molecule has 1 fully saturated rings. The van der Waals surface area contributed by atoms with Crippen molar-refractivity contribution in [2.75, 3.05) is 19.6 Å². The van der Waals surface area contributed by atoms with Crippen LogP contribution in [0.15, 0.2) is 24.3 Å². The van der Waals surface area contributed by atoms with Gasteiger partial charge in [-0.1, -0.05) is 23.7 Å². The summed E-state index contributed by atoms with van der Waals surface area (Å²) < 4.78 is 0. The van der Waals surface area contributed by atoms with Gasteiger partial charge in [-0.15, -0.1) is 0 Å². The van der Waals surface area contributed by atoms with Gasteiger partial charge in [0.2, 0.25) is 5.91 Å². The van der Waals surface area contributed by atoms with Gasteiger partial charge < -0.3 is 10.2 Å². The highest BCUT2D eigenvalue weighted by Gasteiger charge is 2.22. The average Bonchev–Trinajstić information content (AvgIpc) is 2.38. The van der Waals surface area contributed by atoms with Crippen LogP contribution < -0.4 is 5.32 Å². The molecular weight excluding hydrogens is 248 g/mol. The fourth-order valence-corrected chi connectivity index (χ4v) is 2.38. The van der Waals surface area contributed by atoms with Gasteiger partial charge in [0.1, 0.15) is 0 Å². The molecule has 1 aromatic carbocycles. The fraction of sp³-hybridized carbons (Fsp3) is 0.500. The molecular formula is C14H19ClN2O. The van der Waals surface area contributed by atoms with E-state index in [1.807, 2.05) is 29.2 Å². The minimum Gasteiger partial charge on any atom is -0.337 e. The zero-order valence-corrected chi connectivity index (χ0v) is 11.4. The van der Waals surface area contributed by atoms with Crippen molar-refractivity contribution in [3.05, 3.63) is 34.9 Å². The second-order valence-corrected chi connectivity index (χ2v) is 5.20. The van der Waals surface area contributed by atoms with Gasteiger partial charge >= 0.3 is 0 Å². The van der Waals surface area contributed by atoms with Crippen LogP contribution in [0.4, 0.5) is 0 Å². The molecule has 0 bridgehead atoms. The molecule has 0 saturated carbocycles. The molecule has 0 spiro atoms. The summed E-state index contributed by atoms with van der Waals surface area (Å²) in [5.41, 5.74) is 1.16. The van der Waals surface area contributed by atoms with Crippen LogP contribution >= 0.6 is 11.6 Å². The summed E-state index contributed by atoms with van der Waals surface area (Å²) >= 11 is 5.83. The van der Waals surface area contributed by atoms with E-state index in [-0.39, 0.29) is 5.91 Å². The molecule has 1 heterocycles. The first-order valence-electron chi connectivity index (χ1n) is 6.41. The molecule has 4 heteroatoms. The maximum atomic E-state index is 12.1. The molecule has 0 unspecified atom stereocenters. The van der Waals surface area contributed by atoms with Crippen molar-refractivity contribution in [2.45, 2.75) is 25.8 Å². The van der Waals surface area contributed by atoms with Crippen molar-refractivity contribution in [3.63, 3.8) is 0 Å². The highest BCUT2D eigenvalue weighted by Crippen LogP contribution is 2.12. The highest BCUT2D eigenvalue weighted by atomic mass is 35.5. The number of carbonyl (C=O) groups excluding carboxylic acids is 1. The number of nitrogens with one attached hydrogen (secondary N) is 1. The second kappa shape index (κ2) is 6.21. The van der Waals surface area contributed by atoms with Crippen LogP contribution in [-0.4, -0.2) is 36.5 Å². The molecule has 1 atom stereocenters. The lowest BCUT2D eigenvalue weighted by molar-refractivity contribution is -0.133. The number of halogens is 1. The first-order chi connectivity index (χ1) is 8.66. The minimum atomic E-state index is 0.249. The molecule has 1 N–H and O–H groups in total. The molecule has 1 amide bonds. The summed E-state index contributed by atoms with van der Waals surface area (Å²) in [6.45, 7) is 4.71. The molecule has 0 aliphatic carbocycles. The van der Waals surface area contributed by atoms with E-state index in [1.54, 1.807) is 0 Å². The van der Waals surface area contributed by atoms with E-state index in [9.17, 15) is 4.79 Å². The lowest BCUT2D eigenvalue weighted by Gasteiger charge is -2.34. The van der Waals surface area contributed by atoms with Crippen LogP contribution in [0.3, 0.4) is 0 Å². The third-order valence-electron chi connectivity index (χ3n) is 3.36. The van der Waals surface area contributed by atoms with Crippen molar-refractivity contribution in [3.8, 4) is 0 Å². The number of carbonyl (C=O) groups is 1. The first-order valence-corrected chi connectivity index (χ1v) is 6.79. The molecule has 3 nitrogen and oxygen atoms in total.